The summed E-state index contributed by atoms with van der Waals surface area (Å²) >= 11 is 0. The first-order valence-electron chi connectivity index (χ1n) is 6.74. The van der Waals surface area contributed by atoms with E-state index in [1.165, 1.54) is 5.56 Å². The van der Waals surface area contributed by atoms with Crippen molar-refractivity contribution in [1.82, 2.24) is 4.98 Å². The number of aryl methyl sites for hydroxylation is 1. The van der Waals surface area contributed by atoms with Gasteiger partial charge in [-0.1, -0.05) is 38.1 Å². The van der Waals surface area contributed by atoms with E-state index in [0.29, 0.717) is 11.5 Å². The first-order valence-corrected chi connectivity index (χ1v) is 6.74. The first-order chi connectivity index (χ1) is 9.51. The molecule has 0 radical (unpaired) electrons. The number of aromatic amines is 1. The molecule has 0 spiro atoms. The molecule has 0 aliphatic heterocycles. The van der Waals surface area contributed by atoms with E-state index in [1.54, 1.807) is 6.92 Å². The van der Waals surface area contributed by atoms with E-state index in [2.05, 4.69) is 31.0 Å². The van der Waals surface area contributed by atoms with Crippen LogP contribution < -0.4 is 5.56 Å². The summed E-state index contributed by atoms with van der Waals surface area (Å²) in [6.45, 7) is 6.16. The Kier molecular flexibility index (Phi) is 4.05. The van der Waals surface area contributed by atoms with Gasteiger partial charge in [0.1, 0.15) is 11.6 Å². The molecule has 1 aromatic heterocycles. The fourth-order valence-corrected chi connectivity index (χ4v) is 2.27. The van der Waals surface area contributed by atoms with Crippen molar-refractivity contribution >= 4 is 0 Å². The fraction of sp³-hybridized carbons (Fsp3) is 0.294. The van der Waals surface area contributed by atoms with Gasteiger partial charge in [0.15, 0.2) is 0 Å². The van der Waals surface area contributed by atoms with E-state index in [0.717, 1.165) is 17.7 Å². The normalized spacial score (nSPS) is 10.6. The summed E-state index contributed by atoms with van der Waals surface area (Å²) in [5.41, 5.74) is 3.57. The largest absolute Gasteiger partial charge is 0.321 e. The minimum absolute atomic E-state index is 0.185. The topological polar surface area (TPSA) is 56.6 Å². The van der Waals surface area contributed by atoms with Crippen molar-refractivity contribution in [2.75, 3.05) is 0 Å². The lowest BCUT2D eigenvalue weighted by molar-refractivity contribution is 0.647. The molecule has 1 heterocycles. The van der Waals surface area contributed by atoms with Crippen molar-refractivity contribution < 1.29 is 0 Å². The molecule has 3 nitrogen and oxygen atoms in total. The minimum Gasteiger partial charge on any atom is -0.321 e. The van der Waals surface area contributed by atoms with Gasteiger partial charge in [-0.3, -0.25) is 4.79 Å². The molecule has 0 aliphatic carbocycles. The maximum Gasteiger partial charge on any atom is 0.266 e. The quantitative estimate of drug-likeness (QED) is 0.925. The Morgan fingerprint density at radius 1 is 1.25 bits per heavy atom. The van der Waals surface area contributed by atoms with Crippen molar-refractivity contribution in [3.05, 3.63) is 57.4 Å². The van der Waals surface area contributed by atoms with Crippen LogP contribution in [0.25, 0.3) is 11.3 Å². The van der Waals surface area contributed by atoms with Gasteiger partial charge in [-0.05, 0) is 42.0 Å². The summed E-state index contributed by atoms with van der Waals surface area (Å²) in [5.74, 6) is 0.623. The van der Waals surface area contributed by atoms with Crippen LogP contribution in [0.1, 0.15) is 30.5 Å². The highest BCUT2D eigenvalue weighted by molar-refractivity contribution is 5.61. The van der Waals surface area contributed by atoms with Gasteiger partial charge in [0.2, 0.25) is 0 Å². The number of rotatable bonds is 3. The SMILES string of the molecule is Cc1cc(-c2ccc(CC(C)C)cc2)[nH]c(=O)c1C#N. The molecule has 0 fully saturated rings. The van der Waals surface area contributed by atoms with Gasteiger partial charge in [0, 0.05) is 5.69 Å². The number of hydrogen-bond acceptors (Lipinski definition) is 2. The predicted molar refractivity (Wildman–Crippen MR) is 80.5 cm³/mol. The Hall–Kier alpha value is -2.34. The molecule has 3 heteroatoms. The molecule has 0 saturated heterocycles. The Morgan fingerprint density at radius 2 is 1.90 bits per heavy atom. The van der Waals surface area contributed by atoms with Crippen LogP contribution in [-0.2, 0) is 6.42 Å². The van der Waals surface area contributed by atoms with Crippen molar-refractivity contribution in [2.45, 2.75) is 27.2 Å². The summed E-state index contributed by atoms with van der Waals surface area (Å²) in [7, 11) is 0. The lowest BCUT2D eigenvalue weighted by Gasteiger charge is -2.07. The van der Waals surface area contributed by atoms with Crippen molar-refractivity contribution in [1.29, 1.82) is 5.26 Å². The smallest absolute Gasteiger partial charge is 0.266 e. The average molecular weight is 266 g/mol. The van der Waals surface area contributed by atoms with E-state index in [4.69, 9.17) is 5.26 Å². The Labute approximate surface area is 118 Å². The molecule has 2 rings (SSSR count). The fourth-order valence-electron chi connectivity index (χ4n) is 2.27. The number of nitrogens with one attached hydrogen (secondary N) is 1. The van der Waals surface area contributed by atoms with Crippen LogP contribution in [-0.4, -0.2) is 4.98 Å². The van der Waals surface area contributed by atoms with Gasteiger partial charge in [-0.25, -0.2) is 0 Å². The number of H-pyrrole nitrogens is 1. The van der Waals surface area contributed by atoms with Crippen molar-refractivity contribution in [2.24, 2.45) is 5.92 Å². The third-order valence-corrected chi connectivity index (χ3v) is 3.25. The second-order valence-corrected chi connectivity index (χ2v) is 5.48. The molecular formula is C17H18N2O. The molecule has 0 bridgehead atoms. The monoisotopic (exact) mass is 266 g/mol. The van der Waals surface area contributed by atoms with Gasteiger partial charge < -0.3 is 4.98 Å². The average Bonchev–Trinajstić information content (AvgIpc) is 2.38. The highest BCUT2D eigenvalue weighted by atomic mass is 16.1. The lowest BCUT2D eigenvalue weighted by Crippen LogP contribution is -2.12. The Balaban J connectivity index is 2.38. The van der Waals surface area contributed by atoms with Crippen molar-refractivity contribution in [3.8, 4) is 17.3 Å². The zero-order valence-corrected chi connectivity index (χ0v) is 12.0. The molecule has 20 heavy (non-hydrogen) atoms. The molecule has 0 atom stereocenters. The summed E-state index contributed by atoms with van der Waals surface area (Å²) < 4.78 is 0. The zero-order chi connectivity index (χ0) is 14.7. The molecule has 2 aromatic rings. The highest BCUT2D eigenvalue weighted by Crippen LogP contribution is 2.19. The number of aromatic nitrogens is 1. The van der Waals surface area contributed by atoms with Crippen LogP contribution in [0.4, 0.5) is 0 Å². The number of benzene rings is 1. The van der Waals surface area contributed by atoms with Crippen LogP contribution >= 0.6 is 0 Å². The van der Waals surface area contributed by atoms with Gasteiger partial charge in [0.25, 0.3) is 5.56 Å². The number of nitriles is 1. The molecule has 0 saturated carbocycles. The maximum atomic E-state index is 11.8. The molecule has 102 valence electrons. The van der Waals surface area contributed by atoms with Gasteiger partial charge in [0.05, 0.1) is 0 Å². The van der Waals surface area contributed by atoms with E-state index in [1.807, 2.05) is 24.3 Å². The van der Waals surface area contributed by atoms with Crippen LogP contribution in [0, 0.1) is 24.2 Å². The van der Waals surface area contributed by atoms with Gasteiger partial charge in [-0.2, -0.15) is 5.26 Å². The Bertz CT molecular complexity index is 703. The molecule has 0 aliphatic rings. The first kappa shape index (κ1) is 14.1. The molecule has 1 N–H and O–H groups in total. The highest BCUT2D eigenvalue weighted by Gasteiger charge is 2.07. The van der Waals surface area contributed by atoms with Gasteiger partial charge >= 0.3 is 0 Å². The summed E-state index contributed by atoms with van der Waals surface area (Å²) in [4.78, 5) is 14.6. The van der Waals surface area contributed by atoms with E-state index >= 15 is 0 Å². The molecule has 0 amide bonds. The molecular weight excluding hydrogens is 248 g/mol. The van der Waals surface area contributed by atoms with E-state index in [9.17, 15) is 4.79 Å². The second-order valence-electron chi connectivity index (χ2n) is 5.48. The predicted octanol–water partition coefficient (Wildman–Crippen LogP) is 3.42. The zero-order valence-electron chi connectivity index (χ0n) is 12.0. The van der Waals surface area contributed by atoms with Crippen molar-refractivity contribution in [3.63, 3.8) is 0 Å². The standard InChI is InChI=1S/C17H18N2O/c1-11(2)8-13-4-6-14(7-5-13)16-9-12(3)15(10-18)17(20)19-16/h4-7,9,11H,8H2,1-3H3,(H,19,20). The van der Waals surface area contributed by atoms with Crippen LogP contribution in [0.15, 0.2) is 35.1 Å². The van der Waals surface area contributed by atoms with Crippen LogP contribution in [0.5, 0.6) is 0 Å². The van der Waals surface area contributed by atoms with Gasteiger partial charge in [-0.15, -0.1) is 0 Å². The second kappa shape index (κ2) is 5.75. The van der Waals surface area contributed by atoms with Crippen LogP contribution in [0.2, 0.25) is 0 Å². The molecule has 1 aromatic carbocycles. The van der Waals surface area contributed by atoms with Crippen LogP contribution in [0.3, 0.4) is 0 Å². The summed E-state index contributed by atoms with van der Waals surface area (Å²) in [6, 6.07) is 12.0. The summed E-state index contributed by atoms with van der Waals surface area (Å²) in [6.07, 6.45) is 1.04. The Morgan fingerprint density at radius 3 is 2.40 bits per heavy atom. The lowest BCUT2D eigenvalue weighted by atomic mass is 10.00. The number of hydrogen-bond donors (Lipinski definition) is 1. The minimum atomic E-state index is -0.325. The molecule has 0 unspecified atom stereocenters. The third-order valence-electron chi connectivity index (χ3n) is 3.25. The van der Waals surface area contributed by atoms with E-state index < -0.39 is 0 Å². The number of pyridine rings is 1. The van der Waals surface area contributed by atoms with E-state index in [-0.39, 0.29) is 11.1 Å². The summed E-state index contributed by atoms with van der Waals surface area (Å²) in [5, 5.41) is 8.91. The number of nitrogens with zero attached hydrogens (tertiary/aromatic N) is 1. The third kappa shape index (κ3) is 2.97. The maximum absolute atomic E-state index is 11.8.